The average Bonchev–Trinajstić information content (AvgIpc) is 2.54. The molecule has 122 valence electrons. The molecule has 0 aliphatic rings. The van der Waals surface area contributed by atoms with Crippen molar-refractivity contribution < 1.29 is 9.47 Å². The van der Waals surface area contributed by atoms with Crippen LogP contribution in [0.1, 0.15) is 25.0 Å². The van der Waals surface area contributed by atoms with E-state index in [1.807, 2.05) is 38.1 Å². The van der Waals surface area contributed by atoms with Crippen molar-refractivity contribution in [3.8, 4) is 11.5 Å². The average molecular weight is 311 g/mol. The van der Waals surface area contributed by atoms with E-state index in [4.69, 9.17) is 9.47 Å². The van der Waals surface area contributed by atoms with E-state index in [0.29, 0.717) is 6.61 Å². The molecule has 0 aliphatic carbocycles. The molecular weight excluding hydrogens is 286 g/mol. The van der Waals surface area contributed by atoms with Crippen LogP contribution < -0.4 is 14.8 Å². The Morgan fingerprint density at radius 1 is 1.00 bits per heavy atom. The number of nitrogens with one attached hydrogen (secondary N) is 1. The first-order valence-corrected chi connectivity index (χ1v) is 7.96. The Morgan fingerprint density at radius 2 is 1.74 bits per heavy atom. The summed E-state index contributed by atoms with van der Waals surface area (Å²) >= 11 is 0. The van der Waals surface area contributed by atoms with Crippen LogP contribution in [0, 0.1) is 0 Å². The lowest BCUT2D eigenvalue weighted by Crippen LogP contribution is -2.12. The maximum atomic E-state index is 5.65. The predicted octanol–water partition coefficient (Wildman–Crippen LogP) is 4.33. The summed E-state index contributed by atoms with van der Waals surface area (Å²) in [6.45, 7) is 9.87. The Labute approximate surface area is 138 Å². The number of benzene rings is 2. The van der Waals surface area contributed by atoms with E-state index in [1.54, 1.807) is 6.08 Å². The van der Waals surface area contributed by atoms with Crippen molar-refractivity contribution in [1.82, 2.24) is 5.32 Å². The SMILES string of the molecule is C=CCOc1cccc(CNCc2ccc(OC(C)C)cc2)c1. The molecule has 0 amide bonds. The molecule has 0 aromatic heterocycles. The molecule has 0 fully saturated rings. The first kappa shape index (κ1) is 17.1. The van der Waals surface area contributed by atoms with Crippen LogP contribution >= 0.6 is 0 Å². The Balaban J connectivity index is 1.81. The molecule has 2 aromatic rings. The van der Waals surface area contributed by atoms with Gasteiger partial charge in [-0.3, -0.25) is 0 Å². The Hall–Kier alpha value is -2.26. The number of rotatable bonds is 9. The van der Waals surface area contributed by atoms with Crippen molar-refractivity contribution in [2.45, 2.75) is 33.0 Å². The highest BCUT2D eigenvalue weighted by molar-refractivity contribution is 5.29. The van der Waals surface area contributed by atoms with E-state index in [9.17, 15) is 0 Å². The van der Waals surface area contributed by atoms with Gasteiger partial charge in [-0.05, 0) is 49.2 Å². The van der Waals surface area contributed by atoms with Gasteiger partial charge in [0.2, 0.25) is 0 Å². The molecule has 0 aliphatic heterocycles. The van der Waals surface area contributed by atoms with Crippen LogP contribution in [0.4, 0.5) is 0 Å². The first-order chi connectivity index (χ1) is 11.2. The Kier molecular flexibility index (Phi) is 6.70. The lowest BCUT2D eigenvalue weighted by Gasteiger charge is -2.11. The van der Waals surface area contributed by atoms with Gasteiger partial charge in [-0.1, -0.05) is 36.9 Å². The fourth-order valence-corrected chi connectivity index (χ4v) is 2.21. The van der Waals surface area contributed by atoms with Gasteiger partial charge in [0, 0.05) is 13.1 Å². The van der Waals surface area contributed by atoms with Gasteiger partial charge in [0.25, 0.3) is 0 Å². The minimum absolute atomic E-state index is 0.203. The highest BCUT2D eigenvalue weighted by Crippen LogP contribution is 2.15. The van der Waals surface area contributed by atoms with E-state index in [1.165, 1.54) is 11.1 Å². The predicted molar refractivity (Wildman–Crippen MR) is 94.9 cm³/mol. The van der Waals surface area contributed by atoms with Crippen LogP contribution in [-0.4, -0.2) is 12.7 Å². The molecular formula is C20H25NO2. The second kappa shape index (κ2) is 9.01. The molecule has 0 atom stereocenters. The van der Waals surface area contributed by atoms with Crippen molar-refractivity contribution in [1.29, 1.82) is 0 Å². The van der Waals surface area contributed by atoms with Crippen molar-refractivity contribution in [2.24, 2.45) is 0 Å². The zero-order valence-corrected chi connectivity index (χ0v) is 13.9. The summed E-state index contributed by atoms with van der Waals surface area (Å²) < 4.78 is 11.2. The molecule has 2 aromatic carbocycles. The molecule has 3 nitrogen and oxygen atoms in total. The van der Waals surface area contributed by atoms with Crippen molar-refractivity contribution in [3.63, 3.8) is 0 Å². The van der Waals surface area contributed by atoms with Crippen LogP contribution in [0.25, 0.3) is 0 Å². The maximum absolute atomic E-state index is 5.65. The number of ether oxygens (including phenoxy) is 2. The second-order valence-corrected chi connectivity index (χ2v) is 5.66. The Morgan fingerprint density at radius 3 is 2.43 bits per heavy atom. The zero-order valence-electron chi connectivity index (χ0n) is 13.9. The van der Waals surface area contributed by atoms with E-state index < -0.39 is 0 Å². The van der Waals surface area contributed by atoms with Gasteiger partial charge in [0.1, 0.15) is 18.1 Å². The molecule has 1 N–H and O–H groups in total. The van der Waals surface area contributed by atoms with Gasteiger partial charge in [0.15, 0.2) is 0 Å². The molecule has 0 unspecified atom stereocenters. The minimum atomic E-state index is 0.203. The summed E-state index contributed by atoms with van der Waals surface area (Å²) in [5, 5.41) is 3.44. The molecule has 0 bridgehead atoms. The normalized spacial score (nSPS) is 10.6. The minimum Gasteiger partial charge on any atom is -0.491 e. The largest absolute Gasteiger partial charge is 0.491 e. The summed E-state index contributed by atoms with van der Waals surface area (Å²) in [7, 11) is 0. The van der Waals surface area contributed by atoms with Crippen LogP contribution in [0.3, 0.4) is 0 Å². The quantitative estimate of drug-likeness (QED) is 0.699. The molecule has 0 saturated carbocycles. The van der Waals surface area contributed by atoms with Gasteiger partial charge < -0.3 is 14.8 Å². The third-order valence-electron chi connectivity index (χ3n) is 3.22. The van der Waals surface area contributed by atoms with Gasteiger partial charge in [0.05, 0.1) is 6.10 Å². The van der Waals surface area contributed by atoms with Crippen LogP contribution in [0.2, 0.25) is 0 Å². The molecule has 0 spiro atoms. The van der Waals surface area contributed by atoms with Gasteiger partial charge in [-0.25, -0.2) is 0 Å². The first-order valence-electron chi connectivity index (χ1n) is 7.96. The fourth-order valence-electron chi connectivity index (χ4n) is 2.21. The van der Waals surface area contributed by atoms with Crippen molar-refractivity contribution in [3.05, 3.63) is 72.3 Å². The molecule has 23 heavy (non-hydrogen) atoms. The molecule has 0 heterocycles. The van der Waals surface area contributed by atoms with Crippen LogP contribution in [-0.2, 0) is 13.1 Å². The maximum Gasteiger partial charge on any atom is 0.120 e. The van der Waals surface area contributed by atoms with Gasteiger partial charge in [-0.2, -0.15) is 0 Å². The summed E-state index contributed by atoms with van der Waals surface area (Å²) in [6.07, 6.45) is 1.95. The van der Waals surface area contributed by atoms with Gasteiger partial charge in [-0.15, -0.1) is 0 Å². The standard InChI is InChI=1S/C20H25NO2/c1-4-12-22-20-7-5-6-18(13-20)15-21-14-17-8-10-19(11-9-17)23-16(2)3/h4-11,13,16,21H,1,12,14-15H2,2-3H3. The Bertz CT molecular complexity index is 605. The molecule has 0 saturated heterocycles. The molecule has 3 heteroatoms. The van der Waals surface area contributed by atoms with E-state index in [0.717, 1.165) is 24.6 Å². The smallest absolute Gasteiger partial charge is 0.120 e. The van der Waals surface area contributed by atoms with Crippen LogP contribution in [0.15, 0.2) is 61.2 Å². The van der Waals surface area contributed by atoms with E-state index >= 15 is 0 Å². The van der Waals surface area contributed by atoms with E-state index in [2.05, 4.69) is 36.2 Å². The molecule has 0 radical (unpaired) electrons. The van der Waals surface area contributed by atoms with Crippen molar-refractivity contribution in [2.75, 3.05) is 6.61 Å². The summed E-state index contributed by atoms with van der Waals surface area (Å²) in [5.41, 5.74) is 2.44. The topological polar surface area (TPSA) is 30.5 Å². The second-order valence-electron chi connectivity index (χ2n) is 5.66. The third-order valence-corrected chi connectivity index (χ3v) is 3.22. The highest BCUT2D eigenvalue weighted by Gasteiger charge is 2.00. The molecule has 2 rings (SSSR count). The summed E-state index contributed by atoms with van der Waals surface area (Å²) in [5.74, 6) is 1.79. The summed E-state index contributed by atoms with van der Waals surface area (Å²) in [6, 6.07) is 16.3. The van der Waals surface area contributed by atoms with Gasteiger partial charge >= 0.3 is 0 Å². The summed E-state index contributed by atoms with van der Waals surface area (Å²) in [4.78, 5) is 0. The fraction of sp³-hybridized carbons (Fsp3) is 0.300. The number of hydrogen-bond donors (Lipinski definition) is 1. The highest BCUT2D eigenvalue weighted by atomic mass is 16.5. The lowest BCUT2D eigenvalue weighted by atomic mass is 10.2. The third kappa shape index (κ3) is 6.17. The zero-order chi connectivity index (χ0) is 16.5. The monoisotopic (exact) mass is 311 g/mol. The van der Waals surface area contributed by atoms with E-state index in [-0.39, 0.29) is 6.10 Å². The van der Waals surface area contributed by atoms with Crippen LogP contribution in [0.5, 0.6) is 11.5 Å². The number of hydrogen-bond acceptors (Lipinski definition) is 3. The lowest BCUT2D eigenvalue weighted by molar-refractivity contribution is 0.242. The van der Waals surface area contributed by atoms with Crippen molar-refractivity contribution >= 4 is 0 Å².